The van der Waals surface area contributed by atoms with Crippen LogP contribution in [0.1, 0.15) is 12.5 Å². The number of rotatable bonds is 7. The third-order valence-electron chi connectivity index (χ3n) is 3.84. The van der Waals surface area contributed by atoms with Crippen LogP contribution in [0.25, 0.3) is 0 Å². The lowest BCUT2D eigenvalue weighted by Crippen LogP contribution is -2.06. The Labute approximate surface area is 156 Å². The number of aromatic nitrogens is 2. The maximum absolute atomic E-state index is 11.7. The third kappa shape index (κ3) is 4.12. The van der Waals surface area contributed by atoms with Crippen molar-refractivity contribution in [3.05, 3.63) is 70.5 Å². The molecule has 0 saturated carbocycles. The minimum Gasteiger partial charge on any atom is -0.492 e. The zero-order chi connectivity index (χ0) is 19.2. The number of hydrogen-bond acceptors (Lipinski definition) is 7. The molecule has 27 heavy (non-hydrogen) atoms. The van der Waals surface area contributed by atoms with Crippen LogP contribution in [0.5, 0.6) is 5.75 Å². The lowest BCUT2D eigenvalue weighted by atomic mass is 10.2. The van der Waals surface area contributed by atoms with Crippen molar-refractivity contribution in [2.24, 2.45) is 0 Å². The zero-order valence-corrected chi connectivity index (χ0v) is 15.0. The fourth-order valence-electron chi connectivity index (χ4n) is 2.55. The molecule has 0 aliphatic rings. The van der Waals surface area contributed by atoms with E-state index in [1.165, 1.54) is 6.33 Å². The first kappa shape index (κ1) is 18.1. The van der Waals surface area contributed by atoms with Crippen molar-refractivity contribution in [2.45, 2.75) is 13.8 Å². The summed E-state index contributed by atoms with van der Waals surface area (Å²) in [6.07, 6.45) is 1.28. The van der Waals surface area contributed by atoms with Crippen molar-refractivity contribution < 1.29 is 9.66 Å². The third-order valence-corrected chi connectivity index (χ3v) is 3.84. The van der Waals surface area contributed by atoms with Gasteiger partial charge in [0.25, 0.3) is 0 Å². The van der Waals surface area contributed by atoms with Gasteiger partial charge in [-0.25, -0.2) is 9.97 Å². The van der Waals surface area contributed by atoms with Gasteiger partial charge in [-0.05, 0) is 37.6 Å². The summed E-state index contributed by atoms with van der Waals surface area (Å²) < 4.78 is 5.56. The predicted octanol–water partition coefficient (Wildman–Crippen LogP) is 4.58. The van der Waals surface area contributed by atoms with Crippen molar-refractivity contribution in [3.63, 3.8) is 0 Å². The Kier molecular flexibility index (Phi) is 5.46. The molecule has 0 spiro atoms. The zero-order valence-electron chi connectivity index (χ0n) is 15.0. The van der Waals surface area contributed by atoms with Gasteiger partial charge in [0.2, 0.25) is 11.6 Å². The van der Waals surface area contributed by atoms with Gasteiger partial charge in [-0.3, -0.25) is 10.1 Å². The number of anilines is 4. The van der Waals surface area contributed by atoms with E-state index in [2.05, 4.69) is 20.6 Å². The summed E-state index contributed by atoms with van der Waals surface area (Å²) >= 11 is 0. The summed E-state index contributed by atoms with van der Waals surface area (Å²) in [4.78, 5) is 19.3. The van der Waals surface area contributed by atoms with E-state index in [4.69, 9.17) is 4.74 Å². The molecule has 0 atom stereocenters. The minimum absolute atomic E-state index is 0.0817. The molecular weight excluding hydrogens is 346 g/mol. The van der Waals surface area contributed by atoms with Gasteiger partial charge in [0.15, 0.2) is 0 Å². The van der Waals surface area contributed by atoms with Crippen LogP contribution in [0.2, 0.25) is 0 Å². The molecule has 0 aliphatic heterocycles. The van der Waals surface area contributed by atoms with E-state index < -0.39 is 4.92 Å². The summed E-state index contributed by atoms with van der Waals surface area (Å²) in [6.45, 7) is 4.26. The lowest BCUT2D eigenvalue weighted by Gasteiger charge is -2.13. The molecule has 8 nitrogen and oxygen atoms in total. The molecule has 0 fully saturated rings. The number of hydrogen-bond donors (Lipinski definition) is 2. The normalized spacial score (nSPS) is 10.3. The van der Waals surface area contributed by atoms with Gasteiger partial charge in [-0.15, -0.1) is 0 Å². The standard InChI is InChI=1S/C19H19N5O3/c1-3-27-16-11-7-6-10-15(16)23-19-17(24(25)26)18(20-12-21-19)22-14-9-5-4-8-13(14)2/h4-12H,3H2,1-2H3,(H2,20,21,22,23). The molecule has 0 unspecified atom stereocenters. The van der Waals surface area contributed by atoms with Crippen molar-refractivity contribution in [1.82, 2.24) is 9.97 Å². The molecule has 0 bridgehead atoms. The van der Waals surface area contributed by atoms with E-state index in [0.29, 0.717) is 18.0 Å². The molecular formula is C19H19N5O3. The van der Waals surface area contributed by atoms with Crippen LogP contribution >= 0.6 is 0 Å². The van der Waals surface area contributed by atoms with Crippen LogP contribution in [0, 0.1) is 17.0 Å². The first-order valence-electron chi connectivity index (χ1n) is 8.41. The quantitative estimate of drug-likeness (QED) is 0.467. The van der Waals surface area contributed by atoms with Crippen LogP contribution in [0.4, 0.5) is 28.7 Å². The summed E-state index contributed by atoms with van der Waals surface area (Å²) in [5.41, 5.74) is 2.02. The SMILES string of the molecule is CCOc1ccccc1Nc1ncnc(Nc2ccccc2C)c1[N+](=O)[O-]. The van der Waals surface area contributed by atoms with Crippen LogP contribution in [-0.2, 0) is 0 Å². The Balaban J connectivity index is 2.00. The Morgan fingerprint density at radius 2 is 1.59 bits per heavy atom. The molecule has 2 aromatic carbocycles. The average Bonchev–Trinajstić information content (AvgIpc) is 2.65. The summed E-state index contributed by atoms with van der Waals surface area (Å²) in [7, 11) is 0. The largest absolute Gasteiger partial charge is 0.492 e. The molecule has 0 amide bonds. The van der Waals surface area contributed by atoms with E-state index >= 15 is 0 Å². The highest BCUT2D eigenvalue weighted by molar-refractivity contribution is 5.78. The summed E-state index contributed by atoms with van der Waals surface area (Å²) in [5.74, 6) is 0.778. The van der Waals surface area contributed by atoms with Gasteiger partial charge in [0.05, 0.1) is 17.2 Å². The summed E-state index contributed by atoms with van der Waals surface area (Å²) in [5, 5.41) is 17.7. The van der Waals surface area contributed by atoms with Gasteiger partial charge < -0.3 is 15.4 Å². The fraction of sp³-hybridized carbons (Fsp3) is 0.158. The predicted molar refractivity (Wildman–Crippen MR) is 104 cm³/mol. The van der Waals surface area contributed by atoms with Crippen LogP contribution in [-0.4, -0.2) is 21.5 Å². The molecule has 138 valence electrons. The molecule has 0 aliphatic carbocycles. The van der Waals surface area contributed by atoms with E-state index in [-0.39, 0.29) is 17.3 Å². The highest BCUT2D eigenvalue weighted by atomic mass is 16.6. The fourth-order valence-corrected chi connectivity index (χ4v) is 2.55. The second-order valence-corrected chi connectivity index (χ2v) is 5.67. The number of nitro groups is 1. The van der Waals surface area contributed by atoms with Crippen molar-refractivity contribution >= 4 is 28.7 Å². The number of nitrogens with zero attached hydrogens (tertiary/aromatic N) is 3. The van der Waals surface area contributed by atoms with Crippen molar-refractivity contribution in [1.29, 1.82) is 0 Å². The first-order chi connectivity index (χ1) is 13.1. The van der Waals surface area contributed by atoms with Gasteiger partial charge in [0.1, 0.15) is 12.1 Å². The van der Waals surface area contributed by atoms with E-state index in [0.717, 1.165) is 11.3 Å². The van der Waals surface area contributed by atoms with Crippen LogP contribution in [0.3, 0.4) is 0 Å². The number of aryl methyl sites for hydroxylation is 1. The smallest absolute Gasteiger partial charge is 0.353 e. The molecule has 1 aromatic heterocycles. The second-order valence-electron chi connectivity index (χ2n) is 5.67. The maximum atomic E-state index is 11.7. The number of nitrogens with one attached hydrogen (secondary N) is 2. The Morgan fingerprint density at radius 1 is 1.00 bits per heavy atom. The van der Waals surface area contributed by atoms with E-state index in [1.807, 2.05) is 50.2 Å². The monoisotopic (exact) mass is 365 g/mol. The number of para-hydroxylation sites is 3. The van der Waals surface area contributed by atoms with E-state index in [1.54, 1.807) is 12.1 Å². The topological polar surface area (TPSA) is 102 Å². The molecule has 2 N–H and O–H groups in total. The van der Waals surface area contributed by atoms with Gasteiger partial charge in [0, 0.05) is 5.69 Å². The Bertz CT molecular complexity index is 962. The van der Waals surface area contributed by atoms with Crippen molar-refractivity contribution in [2.75, 3.05) is 17.2 Å². The number of ether oxygens (including phenoxy) is 1. The number of benzene rings is 2. The average molecular weight is 365 g/mol. The lowest BCUT2D eigenvalue weighted by molar-refractivity contribution is -0.383. The van der Waals surface area contributed by atoms with Gasteiger partial charge in [-0.2, -0.15) is 0 Å². The maximum Gasteiger partial charge on any atom is 0.353 e. The molecule has 8 heteroatoms. The Hall–Kier alpha value is -3.68. The van der Waals surface area contributed by atoms with Crippen LogP contribution < -0.4 is 15.4 Å². The van der Waals surface area contributed by atoms with Crippen molar-refractivity contribution in [3.8, 4) is 5.75 Å². The minimum atomic E-state index is -0.508. The first-order valence-corrected chi connectivity index (χ1v) is 8.41. The highest BCUT2D eigenvalue weighted by Gasteiger charge is 2.24. The highest BCUT2D eigenvalue weighted by Crippen LogP contribution is 2.35. The Morgan fingerprint density at radius 3 is 2.22 bits per heavy atom. The molecule has 3 aromatic rings. The molecule has 1 heterocycles. The molecule has 0 radical (unpaired) electrons. The van der Waals surface area contributed by atoms with Crippen LogP contribution in [0.15, 0.2) is 54.9 Å². The van der Waals surface area contributed by atoms with Gasteiger partial charge >= 0.3 is 5.69 Å². The second kappa shape index (κ2) is 8.13. The molecule has 0 saturated heterocycles. The van der Waals surface area contributed by atoms with Gasteiger partial charge in [-0.1, -0.05) is 30.3 Å². The molecule has 3 rings (SSSR count). The summed E-state index contributed by atoms with van der Waals surface area (Å²) in [6, 6.07) is 14.7. The van der Waals surface area contributed by atoms with E-state index in [9.17, 15) is 10.1 Å².